The number of phenols is 1. The summed E-state index contributed by atoms with van der Waals surface area (Å²) in [5.74, 6) is 1.21. The molecule has 5 heteroatoms. The van der Waals surface area contributed by atoms with Crippen LogP contribution in [0.25, 0.3) is 0 Å². The van der Waals surface area contributed by atoms with Gasteiger partial charge in [-0.25, -0.2) is 4.98 Å². The highest BCUT2D eigenvalue weighted by molar-refractivity contribution is 5.44. The fourth-order valence-electron chi connectivity index (χ4n) is 2.53. The molecular weight excluding hydrogens is 228 g/mol. The Morgan fingerprint density at radius 3 is 3.17 bits per heavy atom. The van der Waals surface area contributed by atoms with E-state index in [1.165, 1.54) is 5.56 Å². The van der Waals surface area contributed by atoms with Gasteiger partial charge in [-0.2, -0.15) is 5.10 Å². The van der Waals surface area contributed by atoms with E-state index in [-0.39, 0.29) is 6.04 Å². The van der Waals surface area contributed by atoms with Crippen molar-refractivity contribution < 1.29 is 5.11 Å². The quantitative estimate of drug-likeness (QED) is 0.854. The van der Waals surface area contributed by atoms with Crippen molar-refractivity contribution in [1.82, 2.24) is 20.1 Å². The summed E-state index contributed by atoms with van der Waals surface area (Å²) in [6.45, 7) is 0.653. The van der Waals surface area contributed by atoms with E-state index in [0.717, 1.165) is 24.2 Å². The van der Waals surface area contributed by atoms with Crippen LogP contribution in [0.2, 0.25) is 0 Å². The van der Waals surface area contributed by atoms with E-state index < -0.39 is 0 Å². The molecule has 94 valence electrons. The number of aromatic hydroxyl groups is 1. The minimum Gasteiger partial charge on any atom is -0.508 e. The molecule has 0 aliphatic heterocycles. The third kappa shape index (κ3) is 1.97. The number of hydrogen-bond donors (Lipinski definition) is 2. The molecule has 1 aliphatic rings. The predicted octanol–water partition coefficient (Wildman–Crippen LogP) is 1.30. The Labute approximate surface area is 105 Å². The molecule has 1 atom stereocenters. The van der Waals surface area contributed by atoms with Crippen molar-refractivity contribution in [3.63, 3.8) is 0 Å². The highest BCUT2D eigenvalue weighted by atomic mass is 16.3. The molecule has 1 aliphatic carbocycles. The molecule has 3 rings (SSSR count). The number of hydrogen-bond acceptors (Lipinski definition) is 4. The van der Waals surface area contributed by atoms with Gasteiger partial charge in [-0.05, 0) is 30.0 Å². The van der Waals surface area contributed by atoms with Gasteiger partial charge in [-0.15, -0.1) is 0 Å². The molecule has 0 saturated carbocycles. The second-order valence-corrected chi connectivity index (χ2v) is 4.65. The van der Waals surface area contributed by atoms with Gasteiger partial charge in [0.25, 0.3) is 0 Å². The zero-order valence-electron chi connectivity index (χ0n) is 10.3. The van der Waals surface area contributed by atoms with Crippen LogP contribution in [0.4, 0.5) is 0 Å². The average Bonchev–Trinajstić information content (AvgIpc) is 2.94. The number of aromatic nitrogens is 3. The van der Waals surface area contributed by atoms with Crippen LogP contribution in [0.15, 0.2) is 24.5 Å². The number of phenolic OH excluding ortho intramolecular Hbond substituents is 1. The molecule has 18 heavy (non-hydrogen) atoms. The van der Waals surface area contributed by atoms with E-state index in [1.807, 2.05) is 13.1 Å². The molecule has 5 nitrogen and oxygen atoms in total. The zero-order valence-corrected chi connectivity index (χ0v) is 10.3. The SMILES string of the molecule is Cn1cnc(CNC2CCc3c(O)cccc32)n1. The Hall–Kier alpha value is -1.88. The summed E-state index contributed by atoms with van der Waals surface area (Å²) in [5, 5.41) is 17.5. The van der Waals surface area contributed by atoms with Gasteiger partial charge in [-0.1, -0.05) is 12.1 Å². The lowest BCUT2D eigenvalue weighted by Gasteiger charge is -2.12. The lowest BCUT2D eigenvalue weighted by atomic mass is 10.1. The Morgan fingerprint density at radius 1 is 1.50 bits per heavy atom. The van der Waals surface area contributed by atoms with E-state index >= 15 is 0 Å². The summed E-state index contributed by atoms with van der Waals surface area (Å²) in [5.41, 5.74) is 2.27. The van der Waals surface area contributed by atoms with Crippen molar-refractivity contribution in [3.05, 3.63) is 41.5 Å². The largest absolute Gasteiger partial charge is 0.508 e. The summed E-state index contributed by atoms with van der Waals surface area (Å²) in [7, 11) is 1.86. The van der Waals surface area contributed by atoms with Crippen LogP contribution in [0.1, 0.15) is 29.4 Å². The van der Waals surface area contributed by atoms with Crippen molar-refractivity contribution >= 4 is 0 Å². The van der Waals surface area contributed by atoms with Crippen LogP contribution in [0, 0.1) is 0 Å². The number of rotatable bonds is 3. The van der Waals surface area contributed by atoms with Gasteiger partial charge in [0.2, 0.25) is 0 Å². The molecule has 0 saturated heterocycles. The summed E-state index contributed by atoms with van der Waals surface area (Å²) < 4.78 is 1.70. The van der Waals surface area contributed by atoms with Crippen molar-refractivity contribution in [3.8, 4) is 5.75 Å². The zero-order chi connectivity index (χ0) is 12.5. The molecule has 1 heterocycles. The number of nitrogens with zero attached hydrogens (tertiary/aromatic N) is 3. The van der Waals surface area contributed by atoms with Crippen molar-refractivity contribution in [1.29, 1.82) is 0 Å². The van der Waals surface area contributed by atoms with Gasteiger partial charge < -0.3 is 10.4 Å². The fourth-order valence-corrected chi connectivity index (χ4v) is 2.53. The second kappa shape index (κ2) is 4.42. The van der Waals surface area contributed by atoms with E-state index in [0.29, 0.717) is 12.3 Å². The normalized spacial score (nSPS) is 17.9. The molecule has 0 fully saturated rings. The molecular formula is C13H16N4O. The summed E-state index contributed by atoms with van der Waals surface area (Å²) >= 11 is 0. The standard InChI is InChI=1S/C13H16N4O/c1-17-8-15-13(16-17)7-14-11-6-5-10-9(11)3-2-4-12(10)18/h2-4,8,11,14,18H,5-7H2,1H3. The minimum atomic E-state index is 0.288. The highest BCUT2D eigenvalue weighted by Crippen LogP contribution is 2.36. The van der Waals surface area contributed by atoms with Crippen molar-refractivity contribution in [2.24, 2.45) is 7.05 Å². The predicted molar refractivity (Wildman–Crippen MR) is 67.0 cm³/mol. The van der Waals surface area contributed by atoms with Crippen LogP contribution < -0.4 is 5.32 Å². The molecule has 2 aromatic rings. The van der Waals surface area contributed by atoms with E-state index in [9.17, 15) is 5.11 Å². The summed E-state index contributed by atoms with van der Waals surface area (Å²) in [4.78, 5) is 4.19. The third-order valence-corrected chi connectivity index (χ3v) is 3.40. The molecule has 0 radical (unpaired) electrons. The van der Waals surface area contributed by atoms with Gasteiger partial charge in [0.15, 0.2) is 5.82 Å². The Morgan fingerprint density at radius 2 is 2.39 bits per heavy atom. The van der Waals surface area contributed by atoms with Crippen molar-refractivity contribution in [2.45, 2.75) is 25.4 Å². The Kier molecular flexibility index (Phi) is 2.76. The van der Waals surface area contributed by atoms with Gasteiger partial charge in [-0.3, -0.25) is 4.68 Å². The maximum Gasteiger partial charge on any atom is 0.164 e. The first-order valence-electron chi connectivity index (χ1n) is 6.12. The first-order chi connectivity index (χ1) is 8.74. The molecule has 2 N–H and O–H groups in total. The lowest BCUT2D eigenvalue weighted by molar-refractivity contribution is 0.469. The Bertz CT molecular complexity index is 564. The summed E-state index contributed by atoms with van der Waals surface area (Å²) in [6.07, 6.45) is 3.64. The van der Waals surface area contributed by atoms with Crippen LogP contribution in [-0.4, -0.2) is 19.9 Å². The van der Waals surface area contributed by atoms with Gasteiger partial charge in [0, 0.05) is 13.1 Å². The number of benzene rings is 1. The topological polar surface area (TPSA) is 63.0 Å². The maximum atomic E-state index is 9.78. The Balaban J connectivity index is 1.71. The number of fused-ring (bicyclic) bond motifs is 1. The van der Waals surface area contributed by atoms with Gasteiger partial charge in [0.05, 0.1) is 6.54 Å². The van der Waals surface area contributed by atoms with E-state index in [2.05, 4.69) is 21.5 Å². The second-order valence-electron chi connectivity index (χ2n) is 4.65. The smallest absolute Gasteiger partial charge is 0.164 e. The van der Waals surface area contributed by atoms with Gasteiger partial charge in [0.1, 0.15) is 12.1 Å². The molecule has 1 aromatic heterocycles. The molecule has 0 spiro atoms. The first-order valence-corrected chi connectivity index (χ1v) is 6.12. The molecule has 1 aromatic carbocycles. The van der Waals surface area contributed by atoms with Crippen LogP contribution in [0.5, 0.6) is 5.75 Å². The lowest BCUT2D eigenvalue weighted by Crippen LogP contribution is -2.19. The number of nitrogens with one attached hydrogen (secondary N) is 1. The highest BCUT2D eigenvalue weighted by Gasteiger charge is 2.24. The molecule has 0 amide bonds. The summed E-state index contributed by atoms with van der Waals surface area (Å²) in [6, 6.07) is 6.01. The van der Waals surface area contributed by atoms with Crippen LogP contribution in [0.3, 0.4) is 0 Å². The third-order valence-electron chi connectivity index (χ3n) is 3.40. The molecule has 0 bridgehead atoms. The monoisotopic (exact) mass is 244 g/mol. The van der Waals surface area contributed by atoms with Crippen LogP contribution in [-0.2, 0) is 20.0 Å². The number of aryl methyl sites for hydroxylation is 1. The average molecular weight is 244 g/mol. The maximum absolute atomic E-state index is 9.78. The fraction of sp³-hybridized carbons (Fsp3) is 0.385. The minimum absolute atomic E-state index is 0.288. The molecule has 1 unspecified atom stereocenters. The first kappa shape index (κ1) is 11.2. The van der Waals surface area contributed by atoms with Gasteiger partial charge >= 0.3 is 0 Å². The van der Waals surface area contributed by atoms with E-state index in [4.69, 9.17) is 0 Å². The van der Waals surface area contributed by atoms with Crippen molar-refractivity contribution in [2.75, 3.05) is 0 Å². The van der Waals surface area contributed by atoms with E-state index in [1.54, 1.807) is 17.1 Å². The van der Waals surface area contributed by atoms with Crippen LogP contribution >= 0.6 is 0 Å².